The van der Waals surface area contributed by atoms with E-state index in [9.17, 15) is 4.79 Å². The van der Waals surface area contributed by atoms with Crippen molar-refractivity contribution in [2.24, 2.45) is 5.73 Å². The molecular weight excluding hydrogens is 264 g/mol. The van der Waals surface area contributed by atoms with Crippen LogP contribution in [0.25, 0.3) is 11.3 Å². The Labute approximate surface area is 125 Å². The maximum absolute atomic E-state index is 11.8. The van der Waals surface area contributed by atoms with E-state index >= 15 is 0 Å². The summed E-state index contributed by atoms with van der Waals surface area (Å²) in [5, 5.41) is 2.68. The van der Waals surface area contributed by atoms with Gasteiger partial charge in [-0.3, -0.25) is 4.79 Å². The van der Waals surface area contributed by atoms with Gasteiger partial charge in [0.2, 0.25) is 0 Å². The molecule has 0 aliphatic heterocycles. The van der Waals surface area contributed by atoms with Gasteiger partial charge in [-0.2, -0.15) is 0 Å². The third-order valence-corrected chi connectivity index (χ3v) is 3.30. The molecule has 1 aromatic heterocycles. The first kappa shape index (κ1) is 15.3. The minimum Gasteiger partial charge on any atom is -0.451 e. The number of nitrogens with two attached hydrogens (primary N) is 1. The molecule has 0 unspecified atom stereocenters. The van der Waals surface area contributed by atoms with Crippen LogP contribution in [0.4, 0.5) is 0 Å². The van der Waals surface area contributed by atoms with Gasteiger partial charge in [0.15, 0.2) is 5.76 Å². The molecule has 3 N–H and O–H groups in total. The number of carbonyl (C=O) groups excluding carboxylic acids is 1. The molecule has 21 heavy (non-hydrogen) atoms. The fourth-order valence-corrected chi connectivity index (χ4v) is 2.02. The number of benzene rings is 1. The summed E-state index contributed by atoms with van der Waals surface area (Å²) in [6.45, 7) is 7.38. The van der Waals surface area contributed by atoms with Gasteiger partial charge in [-0.25, -0.2) is 0 Å². The van der Waals surface area contributed by atoms with Crippen molar-refractivity contribution in [2.75, 3.05) is 13.1 Å². The predicted octanol–water partition coefficient (Wildman–Crippen LogP) is 2.93. The molecule has 112 valence electrons. The van der Waals surface area contributed by atoms with Crippen LogP contribution in [0, 0.1) is 0 Å². The first-order valence-electron chi connectivity index (χ1n) is 7.11. The highest BCUT2D eigenvalue weighted by Crippen LogP contribution is 2.27. The molecule has 0 saturated carbocycles. The van der Waals surface area contributed by atoms with Gasteiger partial charge >= 0.3 is 0 Å². The van der Waals surface area contributed by atoms with Crippen LogP contribution >= 0.6 is 0 Å². The van der Waals surface area contributed by atoms with Gasteiger partial charge in [0, 0.05) is 18.7 Å². The largest absolute Gasteiger partial charge is 0.451 e. The summed E-state index contributed by atoms with van der Waals surface area (Å²) in [7, 11) is 0. The van der Waals surface area contributed by atoms with Crippen LogP contribution in [-0.2, 0) is 5.41 Å². The average molecular weight is 286 g/mol. The van der Waals surface area contributed by atoms with Crippen molar-refractivity contribution in [1.29, 1.82) is 0 Å². The summed E-state index contributed by atoms with van der Waals surface area (Å²) in [4.78, 5) is 11.8. The van der Waals surface area contributed by atoms with E-state index in [-0.39, 0.29) is 11.3 Å². The lowest BCUT2D eigenvalue weighted by atomic mass is 9.86. The standard InChI is InChI=1S/C17H22N2O2/c1-17(2,3)13-6-4-12(5-7-13)14-8-9-15(21-14)16(20)19-11-10-18/h4-9H,10-11,18H2,1-3H3,(H,19,20). The van der Waals surface area contributed by atoms with E-state index in [4.69, 9.17) is 10.2 Å². The lowest BCUT2D eigenvalue weighted by molar-refractivity contribution is 0.0928. The first-order valence-corrected chi connectivity index (χ1v) is 7.11. The Morgan fingerprint density at radius 3 is 2.38 bits per heavy atom. The smallest absolute Gasteiger partial charge is 0.287 e. The monoisotopic (exact) mass is 286 g/mol. The Bertz CT molecular complexity index is 606. The molecule has 0 aliphatic carbocycles. The Morgan fingerprint density at radius 1 is 1.14 bits per heavy atom. The van der Waals surface area contributed by atoms with Crippen molar-refractivity contribution in [3.8, 4) is 11.3 Å². The lowest BCUT2D eigenvalue weighted by Crippen LogP contribution is -2.28. The molecule has 1 amide bonds. The highest BCUT2D eigenvalue weighted by Gasteiger charge is 2.15. The van der Waals surface area contributed by atoms with E-state index in [1.54, 1.807) is 6.07 Å². The summed E-state index contributed by atoms with van der Waals surface area (Å²) in [5.74, 6) is 0.754. The van der Waals surface area contributed by atoms with Crippen molar-refractivity contribution in [1.82, 2.24) is 5.32 Å². The number of nitrogens with one attached hydrogen (secondary N) is 1. The van der Waals surface area contributed by atoms with Crippen LogP contribution in [-0.4, -0.2) is 19.0 Å². The fourth-order valence-electron chi connectivity index (χ4n) is 2.02. The lowest BCUT2D eigenvalue weighted by Gasteiger charge is -2.18. The molecule has 1 heterocycles. The third-order valence-electron chi connectivity index (χ3n) is 3.30. The summed E-state index contributed by atoms with van der Waals surface area (Å²) < 4.78 is 5.60. The molecule has 2 rings (SSSR count). The zero-order chi connectivity index (χ0) is 15.5. The van der Waals surface area contributed by atoms with Gasteiger partial charge < -0.3 is 15.5 Å². The van der Waals surface area contributed by atoms with Gasteiger partial charge in [0.25, 0.3) is 5.91 Å². The normalized spacial score (nSPS) is 11.4. The third kappa shape index (κ3) is 3.73. The molecule has 0 aliphatic rings. The zero-order valence-electron chi connectivity index (χ0n) is 12.8. The number of hydrogen-bond donors (Lipinski definition) is 2. The van der Waals surface area contributed by atoms with Crippen molar-refractivity contribution in [3.63, 3.8) is 0 Å². The Hall–Kier alpha value is -2.07. The molecule has 4 heteroatoms. The molecular formula is C17H22N2O2. The average Bonchev–Trinajstić information content (AvgIpc) is 2.94. The highest BCUT2D eigenvalue weighted by atomic mass is 16.3. The van der Waals surface area contributed by atoms with Crippen molar-refractivity contribution < 1.29 is 9.21 Å². The van der Waals surface area contributed by atoms with Gasteiger partial charge in [-0.15, -0.1) is 0 Å². The van der Waals surface area contributed by atoms with E-state index < -0.39 is 0 Å². The topological polar surface area (TPSA) is 68.3 Å². The molecule has 0 atom stereocenters. The molecule has 0 saturated heterocycles. The van der Waals surface area contributed by atoms with Gasteiger partial charge in [-0.1, -0.05) is 45.0 Å². The fraction of sp³-hybridized carbons (Fsp3) is 0.353. The summed E-state index contributed by atoms with van der Waals surface area (Å²) >= 11 is 0. The number of amides is 1. The minimum atomic E-state index is -0.238. The Morgan fingerprint density at radius 2 is 1.81 bits per heavy atom. The molecule has 0 fully saturated rings. The van der Waals surface area contributed by atoms with E-state index in [0.29, 0.717) is 24.6 Å². The van der Waals surface area contributed by atoms with Crippen LogP contribution in [0.15, 0.2) is 40.8 Å². The van der Waals surface area contributed by atoms with Gasteiger partial charge in [0.1, 0.15) is 5.76 Å². The van der Waals surface area contributed by atoms with Crippen molar-refractivity contribution in [3.05, 3.63) is 47.7 Å². The first-order chi connectivity index (χ1) is 9.91. The zero-order valence-corrected chi connectivity index (χ0v) is 12.8. The number of rotatable bonds is 4. The van der Waals surface area contributed by atoms with Crippen molar-refractivity contribution in [2.45, 2.75) is 26.2 Å². The summed E-state index contributed by atoms with van der Waals surface area (Å²) in [5.41, 5.74) is 7.70. The van der Waals surface area contributed by atoms with Gasteiger partial charge in [0.05, 0.1) is 0 Å². The summed E-state index contributed by atoms with van der Waals surface area (Å²) in [6.07, 6.45) is 0. The van der Waals surface area contributed by atoms with Crippen LogP contribution in [0.2, 0.25) is 0 Å². The number of furan rings is 1. The molecule has 0 radical (unpaired) electrons. The van der Waals surface area contributed by atoms with E-state index in [1.165, 1.54) is 5.56 Å². The van der Waals surface area contributed by atoms with E-state index in [1.807, 2.05) is 18.2 Å². The van der Waals surface area contributed by atoms with Crippen LogP contribution in [0.3, 0.4) is 0 Å². The van der Waals surface area contributed by atoms with E-state index in [0.717, 1.165) is 5.56 Å². The van der Waals surface area contributed by atoms with Crippen molar-refractivity contribution >= 4 is 5.91 Å². The van der Waals surface area contributed by atoms with Gasteiger partial charge in [-0.05, 0) is 23.1 Å². The Balaban J connectivity index is 2.16. The molecule has 4 nitrogen and oxygen atoms in total. The molecule has 0 spiro atoms. The maximum Gasteiger partial charge on any atom is 0.287 e. The summed E-state index contributed by atoms with van der Waals surface area (Å²) in [6, 6.07) is 11.7. The predicted molar refractivity (Wildman–Crippen MR) is 84.2 cm³/mol. The number of hydrogen-bond acceptors (Lipinski definition) is 3. The minimum absolute atomic E-state index is 0.120. The number of carbonyl (C=O) groups is 1. The quantitative estimate of drug-likeness (QED) is 0.908. The highest BCUT2D eigenvalue weighted by molar-refractivity contribution is 5.92. The second kappa shape index (κ2) is 6.14. The van der Waals surface area contributed by atoms with E-state index in [2.05, 4.69) is 38.2 Å². The van der Waals surface area contributed by atoms with Crippen LogP contribution in [0.1, 0.15) is 36.9 Å². The molecule has 2 aromatic rings. The SMILES string of the molecule is CC(C)(C)c1ccc(-c2ccc(C(=O)NCCN)o2)cc1. The molecule has 0 bridgehead atoms. The maximum atomic E-state index is 11.8. The van der Waals surface area contributed by atoms with Crippen LogP contribution < -0.4 is 11.1 Å². The Kier molecular flexibility index (Phi) is 4.48. The second-order valence-corrected chi connectivity index (χ2v) is 6.04. The van der Waals surface area contributed by atoms with Crippen LogP contribution in [0.5, 0.6) is 0 Å². The second-order valence-electron chi connectivity index (χ2n) is 6.04. The molecule has 1 aromatic carbocycles.